The zero-order valence-electron chi connectivity index (χ0n) is 10.3. The van der Waals surface area contributed by atoms with E-state index in [1.165, 1.54) is 13.3 Å². The molecule has 6 nitrogen and oxygen atoms in total. The summed E-state index contributed by atoms with van der Waals surface area (Å²) in [6.07, 6.45) is 3.36. The average molecular weight is 246 g/mol. The fourth-order valence-electron chi connectivity index (χ4n) is 1.46. The second kappa shape index (κ2) is 5.31. The number of nitrogens with zero attached hydrogens (tertiary/aromatic N) is 3. The maximum absolute atomic E-state index is 11.2. The summed E-state index contributed by atoms with van der Waals surface area (Å²) in [4.78, 5) is 15.4. The van der Waals surface area contributed by atoms with E-state index in [0.717, 1.165) is 11.5 Å². The lowest BCUT2D eigenvalue weighted by atomic mass is 10.2. The van der Waals surface area contributed by atoms with Gasteiger partial charge >= 0.3 is 5.97 Å². The molecule has 94 valence electrons. The standard InChI is InChI=1S/C12H14N4O2/c1-16-6-5-11(15-16)14-8-10-4-3-9(7-13-10)12(17)18-2/h3-7H,8H2,1-2H3,(H,14,15). The summed E-state index contributed by atoms with van der Waals surface area (Å²) in [6, 6.07) is 5.35. The van der Waals surface area contributed by atoms with Crippen molar-refractivity contribution >= 4 is 11.8 Å². The first-order valence-corrected chi connectivity index (χ1v) is 5.46. The molecule has 2 heterocycles. The second-order valence-electron chi connectivity index (χ2n) is 3.76. The van der Waals surface area contributed by atoms with Crippen molar-refractivity contribution in [3.8, 4) is 0 Å². The number of hydrogen-bond acceptors (Lipinski definition) is 5. The number of carbonyl (C=O) groups excluding carboxylic acids is 1. The van der Waals surface area contributed by atoms with Crippen LogP contribution in [0.25, 0.3) is 0 Å². The highest BCUT2D eigenvalue weighted by atomic mass is 16.5. The average Bonchev–Trinajstić information content (AvgIpc) is 2.82. The van der Waals surface area contributed by atoms with Crippen molar-refractivity contribution in [3.63, 3.8) is 0 Å². The summed E-state index contributed by atoms with van der Waals surface area (Å²) < 4.78 is 6.32. The molecule has 6 heteroatoms. The third-order valence-electron chi connectivity index (χ3n) is 2.41. The first kappa shape index (κ1) is 12.1. The molecule has 0 aromatic carbocycles. The van der Waals surface area contributed by atoms with E-state index in [1.807, 2.05) is 19.3 Å². The van der Waals surface area contributed by atoms with Crippen LogP contribution >= 0.6 is 0 Å². The van der Waals surface area contributed by atoms with E-state index in [-0.39, 0.29) is 5.97 Å². The number of methoxy groups -OCH3 is 1. The highest BCUT2D eigenvalue weighted by Gasteiger charge is 2.05. The maximum Gasteiger partial charge on any atom is 0.339 e. The lowest BCUT2D eigenvalue weighted by Crippen LogP contribution is -2.05. The Labute approximate surface area is 105 Å². The van der Waals surface area contributed by atoms with E-state index in [4.69, 9.17) is 0 Å². The monoisotopic (exact) mass is 246 g/mol. The summed E-state index contributed by atoms with van der Waals surface area (Å²) in [5.74, 6) is 0.406. The highest BCUT2D eigenvalue weighted by molar-refractivity contribution is 5.88. The van der Waals surface area contributed by atoms with E-state index in [9.17, 15) is 4.79 Å². The van der Waals surface area contributed by atoms with Crippen molar-refractivity contribution in [1.82, 2.24) is 14.8 Å². The van der Waals surface area contributed by atoms with E-state index in [1.54, 1.807) is 16.8 Å². The second-order valence-corrected chi connectivity index (χ2v) is 3.76. The van der Waals surface area contributed by atoms with Gasteiger partial charge in [0, 0.05) is 25.5 Å². The van der Waals surface area contributed by atoms with Crippen LogP contribution in [0.2, 0.25) is 0 Å². The lowest BCUT2D eigenvalue weighted by Gasteiger charge is -2.03. The normalized spacial score (nSPS) is 10.1. The fraction of sp³-hybridized carbons (Fsp3) is 0.250. The topological polar surface area (TPSA) is 69.0 Å². The number of anilines is 1. The quantitative estimate of drug-likeness (QED) is 0.821. The lowest BCUT2D eigenvalue weighted by molar-refractivity contribution is 0.0600. The van der Waals surface area contributed by atoms with Crippen LogP contribution in [0.4, 0.5) is 5.82 Å². The molecule has 0 spiro atoms. The van der Waals surface area contributed by atoms with Gasteiger partial charge in [-0.25, -0.2) is 4.79 Å². The minimum absolute atomic E-state index is 0.383. The molecule has 0 saturated heterocycles. The number of aryl methyl sites for hydroxylation is 1. The molecule has 0 atom stereocenters. The number of nitrogens with one attached hydrogen (secondary N) is 1. The minimum atomic E-state index is -0.383. The van der Waals surface area contributed by atoms with Crippen LogP contribution < -0.4 is 5.32 Å². The Morgan fingerprint density at radius 1 is 1.44 bits per heavy atom. The SMILES string of the molecule is COC(=O)c1ccc(CNc2ccn(C)n2)nc1. The smallest absolute Gasteiger partial charge is 0.339 e. The van der Waals surface area contributed by atoms with Crippen molar-refractivity contribution in [3.05, 3.63) is 41.9 Å². The number of rotatable bonds is 4. The summed E-state index contributed by atoms with van der Waals surface area (Å²) in [5.41, 5.74) is 1.27. The third kappa shape index (κ3) is 2.85. The molecule has 0 bridgehead atoms. The van der Waals surface area contributed by atoms with Gasteiger partial charge in [0.05, 0.1) is 24.9 Å². The highest BCUT2D eigenvalue weighted by Crippen LogP contribution is 2.06. The molecule has 0 radical (unpaired) electrons. The van der Waals surface area contributed by atoms with E-state index >= 15 is 0 Å². The molecule has 0 aliphatic heterocycles. The Bertz CT molecular complexity index is 533. The summed E-state index contributed by atoms with van der Waals surface area (Å²) >= 11 is 0. The third-order valence-corrected chi connectivity index (χ3v) is 2.41. The Morgan fingerprint density at radius 3 is 2.83 bits per heavy atom. The van der Waals surface area contributed by atoms with Crippen LogP contribution in [0, 0.1) is 0 Å². The summed E-state index contributed by atoms with van der Waals surface area (Å²) in [6.45, 7) is 0.554. The van der Waals surface area contributed by atoms with E-state index < -0.39 is 0 Å². The molecule has 18 heavy (non-hydrogen) atoms. The fourth-order valence-corrected chi connectivity index (χ4v) is 1.46. The summed E-state index contributed by atoms with van der Waals surface area (Å²) in [5, 5.41) is 7.32. The predicted octanol–water partition coefficient (Wildman–Crippen LogP) is 1.21. The molecule has 0 saturated carbocycles. The Kier molecular flexibility index (Phi) is 3.57. The van der Waals surface area contributed by atoms with Gasteiger partial charge in [-0.3, -0.25) is 9.67 Å². The first-order chi connectivity index (χ1) is 8.69. The van der Waals surface area contributed by atoms with E-state index in [0.29, 0.717) is 12.1 Å². The molecular weight excluding hydrogens is 232 g/mol. The molecule has 0 unspecified atom stereocenters. The first-order valence-electron chi connectivity index (χ1n) is 5.46. The Morgan fingerprint density at radius 2 is 2.28 bits per heavy atom. The zero-order chi connectivity index (χ0) is 13.0. The molecule has 0 aliphatic rings. The molecule has 2 rings (SSSR count). The van der Waals surface area contributed by atoms with Crippen LogP contribution in [0.3, 0.4) is 0 Å². The maximum atomic E-state index is 11.2. The molecule has 2 aromatic rings. The molecule has 2 aromatic heterocycles. The van der Waals surface area contributed by atoms with Gasteiger partial charge in [-0.05, 0) is 12.1 Å². The van der Waals surface area contributed by atoms with Crippen molar-refractivity contribution in [2.75, 3.05) is 12.4 Å². The van der Waals surface area contributed by atoms with Gasteiger partial charge in [0.25, 0.3) is 0 Å². The largest absolute Gasteiger partial charge is 0.465 e. The number of ether oxygens (including phenoxy) is 1. The predicted molar refractivity (Wildman–Crippen MR) is 66.1 cm³/mol. The number of esters is 1. The van der Waals surface area contributed by atoms with Gasteiger partial charge in [-0.15, -0.1) is 0 Å². The zero-order valence-corrected chi connectivity index (χ0v) is 10.3. The van der Waals surface area contributed by atoms with Gasteiger partial charge in [-0.2, -0.15) is 5.10 Å². The van der Waals surface area contributed by atoms with E-state index in [2.05, 4.69) is 20.1 Å². The van der Waals surface area contributed by atoms with Crippen LogP contribution in [0.1, 0.15) is 16.1 Å². The van der Waals surface area contributed by atoms with Crippen LogP contribution in [0.5, 0.6) is 0 Å². The van der Waals surface area contributed by atoms with Gasteiger partial charge in [0.2, 0.25) is 0 Å². The number of hydrogen-bond donors (Lipinski definition) is 1. The van der Waals surface area contributed by atoms with Crippen LogP contribution in [-0.2, 0) is 18.3 Å². The number of aromatic nitrogens is 3. The number of carbonyl (C=O) groups is 1. The number of pyridine rings is 1. The van der Waals surface area contributed by atoms with Crippen molar-refractivity contribution in [2.45, 2.75) is 6.54 Å². The van der Waals surface area contributed by atoms with Crippen LogP contribution in [-0.4, -0.2) is 27.8 Å². The Balaban J connectivity index is 1.96. The molecular formula is C12H14N4O2. The van der Waals surface area contributed by atoms with Crippen molar-refractivity contribution in [2.24, 2.45) is 7.05 Å². The Hall–Kier alpha value is -2.37. The molecule has 0 amide bonds. The van der Waals surface area contributed by atoms with Gasteiger partial charge in [0.15, 0.2) is 0 Å². The van der Waals surface area contributed by atoms with Gasteiger partial charge in [0.1, 0.15) is 5.82 Å². The molecule has 0 fully saturated rings. The van der Waals surface area contributed by atoms with Crippen molar-refractivity contribution < 1.29 is 9.53 Å². The van der Waals surface area contributed by atoms with Crippen molar-refractivity contribution in [1.29, 1.82) is 0 Å². The molecule has 0 aliphatic carbocycles. The van der Waals surface area contributed by atoms with Crippen LogP contribution in [0.15, 0.2) is 30.6 Å². The van der Waals surface area contributed by atoms with Gasteiger partial charge < -0.3 is 10.1 Å². The minimum Gasteiger partial charge on any atom is -0.465 e. The van der Waals surface area contributed by atoms with Gasteiger partial charge in [-0.1, -0.05) is 0 Å². The summed E-state index contributed by atoms with van der Waals surface area (Å²) in [7, 11) is 3.20. The molecule has 1 N–H and O–H groups in total.